The van der Waals surface area contributed by atoms with Crippen LogP contribution in [0, 0.1) is 6.92 Å². The first kappa shape index (κ1) is 19.8. The zero-order chi connectivity index (χ0) is 19.5. The molecule has 0 aliphatic heterocycles. The summed E-state index contributed by atoms with van der Waals surface area (Å²) in [6.45, 7) is 3.03. The Morgan fingerprint density at radius 2 is 2.12 bits per heavy atom. The van der Waals surface area contributed by atoms with Gasteiger partial charge in [0, 0.05) is 32.4 Å². The fraction of sp³-hybridized carbons (Fsp3) is 0.500. The number of hydrogen-bond donors (Lipinski definition) is 3. The van der Waals surface area contributed by atoms with Gasteiger partial charge in [-0.15, -0.1) is 0 Å². The van der Waals surface area contributed by atoms with Crippen LogP contribution in [0.4, 0.5) is 18.0 Å². The van der Waals surface area contributed by atoms with Crippen molar-refractivity contribution in [1.29, 1.82) is 0 Å². The number of amides is 2. The molecule has 7 nitrogen and oxygen atoms in total. The molecule has 0 spiro atoms. The summed E-state index contributed by atoms with van der Waals surface area (Å²) in [5, 5.41) is 15.0. The minimum absolute atomic E-state index is 0.404. The third-order valence-corrected chi connectivity index (χ3v) is 3.97. The Bertz CT molecular complexity index is 756. The fourth-order valence-corrected chi connectivity index (χ4v) is 2.51. The van der Waals surface area contributed by atoms with Crippen LogP contribution in [0.5, 0.6) is 0 Å². The number of hydrogen-bond acceptors (Lipinski definition) is 4. The van der Waals surface area contributed by atoms with Crippen molar-refractivity contribution in [1.82, 2.24) is 20.2 Å². The van der Waals surface area contributed by atoms with Crippen LogP contribution in [0.2, 0.25) is 0 Å². The Labute approximate surface area is 148 Å². The second-order valence-corrected chi connectivity index (χ2v) is 6.04. The molecule has 10 heteroatoms. The molecule has 3 N–H and O–H groups in total. The van der Waals surface area contributed by atoms with Crippen LogP contribution < -0.4 is 10.6 Å². The summed E-state index contributed by atoms with van der Waals surface area (Å²) in [5.74, 6) is 0.670. The number of nitrogens with zero attached hydrogens (tertiary/aromatic N) is 2. The lowest BCUT2D eigenvalue weighted by Crippen LogP contribution is -2.47. The van der Waals surface area contributed by atoms with Crippen LogP contribution in [-0.4, -0.2) is 33.4 Å². The van der Waals surface area contributed by atoms with Crippen molar-refractivity contribution in [3.63, 3.8) is 0 Å². The molecule has 2 aromatic heterocycles. The van der Waals surface area contributed by atoms with Crippen molar-refractivity contribution < 1.29 is 27.5 Å². The Morgan fingerprint density at radius 1 is 1.42 bits per heavy atom. The van der Waals surface area contributed by atoms with Crippen LogP contribution in [0.3, 0.4) is 0 Å². The van der Waals surface area contributed by atoms with Crippen molar-refractivity contribution >= 4 is 6.03 Å². The van der Waals surface area contributed by atoms with Gasteiger partial charge in [-0.25, -0.2) is 9.78 Å². The zero-order valence-electron chi connectivity index (χ0n) is 14.6. The van der Waals surface area contributed by atoms with Crippen molar-refractivity contribution in [2.24, 2.45) is 7.05 Å². The second-order valence-electron chi connectivity index (χ2n) is 6.04. The van der Waals surface area contributed by atoms with Gasteiger partial charge < -0.3 is 24.7 Å². The van der Waals surface area contributed by atoms with Gasteiger partial charge in [0.1, 0.15) is 17.3 Å². The first-order valence-corrected chi connectivity index (χ1v) is 7.92. The van der Waals surface area contributed by atoms with Crippen LogP contribution >= 0.6 is 0 Å². The molecule has 0 radical (unpaired) electrons. The molecule has 2 aromatic rings. The fourth-order valence-electron chi connectivity index (χ4n) is 2.51. The van der Waals surface area contributed by atoms with E-state index < -0.39 is 42.6 Å². The summed E-state index contributed by atoms with van der Waals surface area (Å²) in [4.78, 5) is 15.5. The number of nitrogens with one attached hydrogen (secondary N) is 2. The lowest BCUT2D eigenvalue weighted by molar-refractivity contribution is -0.272. The Kier molecular flexibility index (Phi) is 5.65. The number of imidazole rings is 1. The lowest BCUT2D eigenvalue weighted by Gasteiger charge is -2.30. The number of aliphatic hydroxyl groups is 1. The van der Waals surface area contributed by atoms with E-state index in [1.165, 1.54) is 19.4 Å². The molecule has 0 saturated heterocycles. The molecule has 0 aromatic carbocycles. The number of alkyl halides is 3. The Morgan fingerprint density at radius 3 is 2.62 bits per heavy atom. The van der Waals surface area contributed by atoms with Crippen molar-refractivity contribution in [3.8, 4) is 0 Å². The number of carbonyl (C=O) groups is 1. The van der Waals surface area contributed by atoms with E-state index in [4.69, 9.17) is 4.42 Å². The number of aromatic nitrogens is 2. The molecule has 2 rings (SSSR count). The van der Waals surface area contributed by atoms with E-state index in [2.05, 4.69) is 15.6 Å². The molecular weight excluding hydrogens is 353 g/mol. The SMILES string of the molecule is Cc1ccc(C(C)NC(=O)NCCC(O)(c2nccn2C)C(F)(F)F)o1. The van der Waals surface area contributed by atoms with Gasteiger partial charge in [0.2, 0.25) is 5.60 Å². The highest BCUT2D eigenvalue weighted by atomic mass is 19.4. The zero-order valence-corrected chi connectivity index (χ0v) is 14.6. The van der Waals surface area contributed by atoms with E-state index in [0.29, 0.717) is 11.5 Å². The maximum Gasteiger partial charge on any atom is 0.424 e. The van der Waals surface area contributed by atoms with Crippen LogP contribution in [0.25, 0.3) is 0 Å². The van der Waals surface area contributed by atoms with Gasteiger partial charge in [0.15, 0.2) is 0 Å². The first-order valence-electron chi connectivity index (χ1n) is 7.92. The number of furan rings is 1. The minimum atomic E-state index is -4.94. The van der Waals surface area contributed by atoms with E-state index in [1.807, 2.05) is 0 Å². The van der Waals surface area contributed by atoms with E-state index in [-0.39, 0.29) is 0 Å². The summed E-state index contributed by atoms with van der Waals surface area (Å²) >= 11 is 0. The molecule has 26 heavy (non-hydrogen) atoms. The molecular formula is C16H21F3N4O3. The lowest BCUT2D eigenvalue weighted by atomic mass is 9.97. The maximum absolute atomic E-state index is 13.4. The largest absolute Gasteiger partial charge is 0.464 e. The Hall–Kier alpha value is -2.49. The van der Waals surface area contributed by atoms with Crippen LogP contribution in [0.15, 0.2) is 28.9 Å². The van der Waals surface area contributed by atoms with E-state index >= 15 is 0 Å². The number of aryl methyl sites for hydroxylation is 2. The standard InChI is InChI=1S/C16H21F3N4O3/c1-10-4-5-12(26-10)11(2)22-14(24)21-7-6-15(25,16(17,18)19)13-20-8-9-23(13)3/h4-5,8-9,11,25H,6-7H2,1-3H3,(H2,21,22,24). The molecule has 0 aliphatic carbocycles. The third-order valence-electron chi connectivity index (χ3n) is 3.97. The van der Waals surface area contributed by atoms with Gasteiger partial charge in [0.05, 0.1) is 6.04 Å². The quantitative estimate of drug-likeness (QED) is 0.724. The molecule has 2 heterocycles. The van der Waals surface area contributed by atoms with Gasteiger partial charge in [-0.2, -0.15) is 13.2 Å². The first-order chi connectivity index (χ1) is 12.0. The van der Waals surface area contributed by atoms with Crippen LogP contribution in [-0.2, 0) is 12.6 Å². The average molecular weight is 374 g/mol. The van der Waals surface area contributed by atoms with Crippen molar-refractivity contribution in [2.75, 3.05) is 6.54 Å². The van der Waals surface area contributed by atoms with Gasteiger partial charge >= 0.3 is 12.2 Å². The smallest absolute Gasteiger partial charge is 0.424 e. The topological polar surface area (TPSA) is 92.3 Å². The molecule has 0 saturated carbocycles. The monoisotopic (exact) mass is 374 g/mol. The number of rotatable bonds is 6. The molecule has 2 amide bonds. The Balaban J connectivity index is 1.95. The molecule has 0 aliphatic rings. The highest BCUT2D eigenvalue weighted by Gasteiger charge is 2.57. The predicted molar refractivity (Wildman–Crippen MR) is 86.2 cm³/mol. The van der Waals surface area contributed by atoms with Crippen molar-refractivity contribution in [2.45, 2.75) is 38.1 Å². The van der Waals surface area contributed by atoms with Crippen LogP contribution in [0.1, 0.15) is 36.7 Å². The normalized spacial score (nSPS) is 15.3. The van der Waals surface area contributed by atoms with Gasteiger partial charge in [-0.3, -0.25) is 0 Å². The summed E-state index contributed by atoms with van der Waals surface area (Å²) < 4.78 is 46.5. The van der Waals surface area contributed by atoms with Gasteiger partial charge in [0.25, 0.3) is 0 Å². The van der Waals surface area contributed by atoms with Gasteiger partial charge in [-0.05, 0) is 26.0 Å². The molecule has 2 unspecified atom stereocenters. The van der Waals surface area contributed by atoms with Crippen molar-refractivity contribution in [3.05, 3.63) is 41.9 Å². The average Bonchev–Trinajstić information content (AvgIpc) is 3.14. The summed E-state index contributed by atoms with van der Waals surface area (Å²) in [7, 11) is 1.35. The van der Waals surface area contributed by atoms with E-state index in [9.17, 15) is 23.1 Å². The van der Waals surface area contributed by atoms with Gasteiger partial charge in [-0.1, -0.05) is 0 Å². The third kappa shape index (κ3) is 4.18. The summed E-state index contributed by atoms with van der Waals surface area (Å²) in [6.07, 6.45) is -3.25. The summed E-state index contributed by atoms with van der Waals surface area (Å²) in [5.41, 5.74) is -3.16. The van der Waals surface area contributed by atoms with E-state index in [0.717, 1.165) is 4.57 Å². The minimum Gasteiger partial charge on any atom is -0.464 e. The number of carbonyl (C=O) groups excluding carboxylic acids is 1. The highest BCUT2D eigenvalue weighted by Crippen LogP contribution is 2.40. The molecule has 2 atom stereocenters. The second kappa shape index (κ2) is 7.40. The molecule has 0 bridgehead atoms. The summed E-state index contributed by atoms with van der Waals surface area (Å²) in [6, 6.07) is 2.31. The molecule has 0 fully saturated rings. The maximum atomic E-state index is 13.4. The van der Waals surface area contributed by atoms with E-state index in [1.54, 1.807) is 26.0 Å². The number of halogens is 3. The molecule has 144 valence electrons. The number of urea groups is 1. The highest BCUT2D eigenvalue weighted by molar-refractivity contribution is 5.74. The predicted octanol–water partition coefficient (Wildman–Crippen LogP) is 2.52.